The predicted molar refractivity (Wildman–Crippen MR) is 79.8 cm³/mol. The van der Waals surface area contributed by atoms with E-state index in [1.165, 1.54) is 0 Å². The van der Waals surface area contributed by atoms with Gasteiger partial charge in [0.25, 0.3) is 0 Å². The molecule has 0 aliphatic carbocycles. The molecule has 0 spiro atoms. The molecule has 0 unspecified atom stereocenters. The van der Waals surface area contributed by atoms with Crippen LogP contribution in [0.1, 0.15) is 5.69 Å². The van der Waals surface area contributed by atoms with Crippen LogP contribution in [0.15, 0.2) is 36.4 Å². The highest BCUT2D eigenvalue weighted by atomic mass is 35.5. The standard InChI is InChI=1S/C14H11Cl2N3/c1-8-3-2-4-12-18-13(14(17)19(8)12)9-5-10(15)7-11(16)6-9/h2-7H,17H2,1H3. The number of halogens is 2. The first kappa shape index (κ1) is 12.3. The molecule has 1 aromatic carbocycles. The third kappa shape index (κ3) is 2.05. The Morgan fingerprint density at radius 3 is 2.42 bits per heavy atom. The maximum atomic E-state index is 6.19. The highest BCUT2D eigenvalue weighted by Gasteiger charge is 2.13. The summed E-state index contributed by atoms with van der Waals surface area (Å²) in [5.41, 5.74) is 9.54. The van der Waals surface area contributed by atoms with E-state index in [0.29, 0.717) is 21.6 Å². The minimum absolute atomic E-state index is 0.565. The maximum absolute atomic E-state index is 6.19. The van der Waals surface area contributed by atoms with Gasteiger partial charge in [0.2, 0.25) is 0 Å². The highest BCUT2D eigenvalue weighted by Crippen LogP contribution is 2.31. The molecule has 0 aliphatic rings. The molecule has 3 rings (SSSR count). The van der Waals surface area contributed by atoms with Crippen LogP contribution in [0.5, 0.6) is 0 Å². The Morgan fingerprint density at radius 2 is 1.79 bits per heavy atom. The van der Waals surface area contributed by atoms with Gasteiger partial charge in [-0.1, -0.05) is 29.3 Å². The molecule has 96 valence electrons. The third-order valence-electron chi connectivity index (χ3n) is 3.01. The Bertz CT molecular complexity index is 757. The average molecular weight is 292 g/mol. The summed E-state index contributed by atoms with van der Waals surface area (Å²) in [6.07, 6.45) is 0. The number of benzene rings is 1. The zero-order valence-corrected chi connectivity index (χ0v) is 11.7. The minimum Gasteiger partial charge on any atom is -0.383 e. The van der Waals surface area contributed by atoms with Gasteiger partial charge in [0, 0.05) is 21.3 Å². The number of imidazole rings is 1. The quantitative estimate of drug-likeness (QED) is 0.730. The Kier molecular flexibility index (Phi) is 2.88. The number of aryl methyl sites for hydroxylation is 1. The lowest BCUT2D eigenvalue weighted by atomic mass is 10.1. The van der Waals surface area contributed by atoms with Crippen molar-refractivity contribution >= 4 is 34.7 Å². The lowest BCUT2D eigenvalue weighted by Crippen LogP contribution is -1.97. The van der Waals surface area contributed by atoms with Crippen LogP contribution in [0, 0.1) is 6.92 Å². The van der Waals surface area contributed by atoms with Crippen LogP contribution in [-0.2, 0) is 0 Å². The van der Waals surface area contributed by atoms with Gasteiger partial charge in [0.1, 0.15) is 17.2 Å². The van der Waals surface area contributed by atoms with Crippen LogP contribution < -0.4 is 5.73 Å². The molecule has 5 heteroatoms. The van der Waals surface area contributed by atoms with Crippen LogP contribution in [0.25, 0.3) is 16.9 Å². The van der Waals surface area contributed by atoms with Crippen molar-refractivity contribution in [3.8, 4) is 11.3 Å². The Morgan fingerprint density at radius 1 is 1.11 bits per heavy atom. The number of pyridine rings is 1. The Balaban J connectivity index is 2.31. The molecule has 0 atom stereocenters. The normalized spacial score (nSPS) is 11.1. The topological polar surface area (TPSA) is 43.3 Å². The van der Waals surface area contributed by atoms with Gasteiger partial charge in [0.05, 0.1) is 0 Å². The summed E-state index contributed by atoms with van der Waals surface area (Å²) < 4.78 is 1.91. The van der Waals surface area contributed by atoms with Gasteiger partial charge < -0.3 is 5.73 Å². The average Bonchev–Trinajstić information content (AvgIpc) is 2.67. The second kappa shape index (κ2) is 4.44. The van der Waals surface area contributed by atoms with Crippen molar-refractivity contribution in [3.05, 3.63) is 52.1 Å². The monoisotopic (exact) mass is 291 g/mol. The summed E-state index contributed by atoms with van der Waals surface area (Å²) in [5.74, 6) is 0.589. The van der Waals surface area contributed by atoms with Crippen molar-refractivity contribution in [1.82, 2.24) is 9.38 Å². The van der Waals surface area contributed by atoms with Gasteiger partial charge in [-0.05, 0) is 37.3 Å². The van der Waals surface area contributed by atoms with Crippen LogP contribution in [0.2, 0.25) is 10.0 Å². The Labute approximate surface area is 120 Å². The lowest BCUT2D eigenvalue weighted by molar-refractivity contribution is 1.10. The number of nitrogens with two attached hydrogens (primary N) is 1. The van der Waals surface area contributed by atoms with E-state index in [-0.39, 0.29) is 0 Å². The summed E-state index contributed by atoms with van der Waals surface area (Å²) in [4.78, 5) is 4.55. The molecule has 2 N–H and O–H groups in total. The predicted octanol–water partition coefficient (Wildman–Crippen LogP) is 4.20. The maximum Gasteiger partial charge on any atom is 0.139 e. The molecule has 19 heavy (non-hydrogen) atoms. The number of hydrogen-bond acceptors (Lipinski definition) is 2. The molecule has 0 bridgehead atoms. The first-order chi connectivity index (χ1) is 9.06. The van der Waals surface area contributed by atoms with E-state index in [1.807, 2.05) is 29.5 Å². The van der Waals surface area contributed by atoms with Crippen molar-refractivity contribution in [2.45, 2.75) is 6.92 Å². The molecule has 0 saturated carbocycles. The van der Waals surface area contributed by atoms with Gasteiger partial charge in [0.15, 0.2) is 0 Å². The van der Waals surface area contributed by atoms with Crippen LogP contribution in [0.4, 0.5) is 5.82 Å². The first-order valence-electron chi connectivity index (χ1n) is 5.76. The van der Waals surface area contributed by atoms with E-state index in [4.69, 9.17) is 28.9 Å². The minimum atomic E-state index is 0.565. The fourth-order valence-electron chi connectivity index (χ4n) is 2.18. The second-order valence-electron chi connectivity index (χ2n) is 4.36. The van der Waals surface area contributed by atoms with Crippen LogP contribution >= 0.6 is 23.2 Å². The van der Waals surface area contributed by atoms with Crippen molar-refractivity contribution in [2.24, 2.45) is 0 Å². The SMILES string of the molecule is Cc1cccc2nc(-c3cc(Cl)cc(Cl)c3)c(N)n12. The van der Waals surface area contributed by atoms with E-state index in [1.54, 1.807) is 18.2 Å². The molecule has 2 heterocycles. The molecular weight excluding hydrogens is 281 g/mol. The molecule has 0 aliphatic heterocycles. The molecule has 3 aromatic rings. The number of hydrogen-bond donors (Lipinski definition) is 1. The van der Waals surface area contributed by atoms with Crippen molar-refractivity contribution in [1.29, 1.82) is 0 Å². The largest absolute Gasteiger partial charge is 0.383 e. The first-order valence-corrected chi connectivity index (χ1v) is 6.52. The third-order valence-corrected chi connectivity index (χ3v) is 3.45. The molecule has 3 nitrogen and oxygen atoms in total. The van der Waals surface area contributed by atoms with E-state index in [0.717, 1.165) is 16.9 Å². The number of nitrogens with zero attached hydrogens (tertiary/aromatic N) is 2. The van der Waals surface area contributed by atoms with Gasteiger partial charge in [-0.2, -0.15) is 0 Å². The number of rotatable bonds is 1. The summed E-state index contributed by atoms with van der Waals surface area (Å²) in [7, 11) is 0. The van der Waals surface area contributed by atoms with Crippen molar-refractivity contribution < 1.29 is 0 Å². The van der Waals surface area contributed by atoms with Gasteiger partial charge in [-0.25, -0.2) is 4.98 Å². The zero-order chi connectivity index (χ0) is 13.6. The number of anilines is 1. The molecule has 0 amide bonds. The number of nitrogen functional groups attached to an aromatic ring is 1. The lowest BCUT2D eigenvalue weighted by Gasteiger charge is -2.03. The smallest absolute Gasteiger partial charge is 0.139 e. The van der Waals surface area contributed by atoms with E-state index >= 15 is 0 Å². The summed E-state index contributed by atoms with van der Waals surface area (Å²) in [5, 5.41) is 1.13. The van der Waals surface area contributed by atoms with Crippen molar-refractivity contribution in [2.75, 3.05) is 5.73 Å². The van der Waals surface area contributed by atoms with E-state index in [2.05, 4.69) is 4.98 Å². The highest BCUT2D eigenvalue weighted by molar-refractivity contribution is 6.35. The zero-order valence-electron chi connectivity index (χ0n) is 10.2. The van der Waals surface area contributed by atoms with Gasteiger partial charge in [-0.15, -0.1) is 0 Å². The molecule has 0 saturated heterocycles. The number of aromatic nitrogens is 2. The van der Waals surface area contributed by atoms with Gasteiger partial charge >= 0.3 is 0 Å². The van der Waals surface area contributed by atoms with Crippen molar-refractivity contribution in [3.63, 3.8) is 0 Å². The summed E-state index contributed by atoms with van der Waals surface area (Å²) in [6.45, 7) is 1.99. The second-order valence-corrected chi connectivity index (χ2v) is 5.24. The molecule has 0 fully saturated rings. The molecular formula is C14H11Cl2N3. The fourth-order valence-corrected chi connectivity index (χ4v) is 2.71. The van der Waals surface area contributed by atoms with E-state index < -0.39 is 0 Å². The van der Waals surface area contributed by atoms with Crippen LogP contribution in [-0.4, -0.2) is 9.38 Å². The van der Waals surface area contributed by atoms with Gasteiger partial charge in [-0.3, -0.25) is 4.40 Å². The summed E-state index contributed by atoms with van der Waals surface area (Å²) >= 11 is 12.0. The Hall–Kier alpha value is -1.71. The van der Waals surface area contributed by atoms with Crippen LogP contribution in [0.3, 0.4) is 0 Å². The number of fused-ring (bicyclic) bond motifs is 1. The molecule has 2 aromatic heterocycles. The van der Waals surface area contributed by atoms with E-state index in [9.17, 15) is 0 Å². The fraction of sp³-hybridized carbons (Fsp3) is 0.0714. The summed E-state index contributed by atoms with van der Waals surface area (Å²) in [6, 6.07) is 11.1. The molecule has 0 radical (unpaired) electrons.